The molecule has 0 amide bonds. The van der Waals surface area contributed by atoms with Gasteiger partial charge in [-0.25, -0.2) is 4.83 Å². The van der Waals surface area contributed by atoms with Gasteiger partial charge in [-0.05, 0) is 49.1 Å². The zero-order valence-corrected chi connectivity index (χ0v) is 16.1. The first-order valence-corrected chi connectivity index (χ1v) is 10.3. The third-order valence-corrected chi connectivity index (χ3v) is 6.00. The molecular weight excluding hydrogens is 340 g/mol. The van der Waals surface area contributed by atoms with Crippen LogP contribution in [-0.4, -0.2) is 14.6 Å². The Bertz CT molecular complexity index is 791. The Kier molecular flexibility index (Phi) is 6.18. The fourth-order valence-corrected chi connectivity index (χ4v) is 4.00. The molecule has 1 N–H and O–H groups in total. The minimum atomic E-state index is -3.62. The van der Waals surface area contributed by atoms with Crippen molar-refractivity contribution >= 4 is 27.6 Å². The molecule has 0 saturated carbocycles. The van der Waals surface area contributed by atoms with Crippen LogP contribution < -0.4 is 4.83 Å². The largest absolute Gasteiger partial charge is 0.276 e. The lowest BCUT2D eigenvalue weighted by Crippen LogP contribution is -2.18. The molecule has 0 aliphatic heterocycles. The number of benzene rings is 1. The standard InChI is InChI=1S/C18H24N2O2S2/c1-13(2)11-16-6-8-17(9-7-16)24(21,22)20-19-12-14(3)18-10-5-15(4)23-18/h5-10,12-14,20H,11H2,1-4H3/b19-12-. The lowest BCUT2D eigenvalue weighted by atomic mass is 10.0. The molecule has 1 heterocycles. The maximum Gasteiger partial charge on any atom is 0.276 e. The number of rotatable bonds is 7. The Labute approximate surface area is 148 Å². The van der Waals surface area contributed by atoms with Gasteiger partial charge in [0.25, 0.3) is 10.0 Å². The third kappa shape index (κ3) is 5.18. The molecule has 1 aromatic heterocycles. The Morgan fingerprint density at radius 2 is 1.79 bits per heavy atom. The number of hydrogen-bond donors (Lipinski definition) is 1. The average Bonchev–Trinajstić information content (AvgIpc) is 2.93. The summed E-state index contributed by atoms with van der Waals surface area (Å²) in [5.74, 6) is 0.609. The highest BCUT2D eigenvalue weighted by Gasteiger charge is 2.13. The van der Waals surface area contributed by atoms with Crippen LogP contribution in [0.15, 0.2) is 46.4 Å². The van der Waals surface area contributed by atoms with E-state index in [0.29, 0.717) is 5.92 Å². The molecule has 0 bridgehead atoms. The van der Waals surface area contributed by atoms with E-state index in [-0.39, 0.29) is 10.8 Å². The van der Waals surface area contributed by atoms with E-state index in [1.165, 1.54) is 4.88 Å². The molecule has 1 aromatic carbocycles. The molecule has 1 unspecified atom stereocenters. The fourth-order valence-electron chi connectivity index (χ4n) is 2.31. The highest BCUT2D eigenvalue weighted by molar-refractivity contribution is 7.89. The maximum absolute atomic E-state index is 12.3. The van der Waals surface area contributed by atoms with Gasteiger partial charge in [0.2, 0.25) is 0 Å². The van der Waals surface area contributed by atoms with Crippen LogP contribution in [0.1, 0.15) is 42.0 Å². The lowest BCUT2D eigenvalue weighted by molar-refractivity contribution is 0.584. The molecule has 0 spiro atoms. The highest BCUT2D eigenvalue weighted by Crippen LogP contribution is 2.22. The third-order valence-electron chi connectivity index (χ3n) is 3.56. The molecule has 2 rings (SSSR count). The Balaban J connectivity index is 2.01. The zero-order valence-electron chi connectivity index (χ0n) is 14.5. The van der Waals surface area contributed by atoms with Crippen LogP contribution in [0.2, 0.25) is 0 Å². The summed E-state index contributed by atoms with van der Waals surface area (Å²) in [6.07, 6.45) is 2.56. The van der Waals surface area contributed by atoms with Crippen LogP contribution in [0, 0.1) is 12.8 Å². The molecule has 0 aliphatic carbocycles. The first-order valence-electron chi connectivity index (χ1n) is 7.98. The van der Waals surface area contributed by atoms with Gasteiger partial charge in [0, 0.05) is 21.9 Å². The number of aryl methyl sites for hydroxylation is 1. The summed E-state index contributed by atoms with van der Waals surface area (Å²) in [4.78, 5) is 4.91. The maximum atomic E-state index is 12.3. The van der Waals surface area contributed by atoms with Crippen molar-refractivity contribution in [3.05, 3.63) is 51.7 Å². The zero-order chi connectivity index (χ0) is 17.7. The number of nitrogens with one attached hydrogen (secondary N) is 1. The van der Waals surface area contributed by atoms with Crippen LogP contribution in [0.4, 0.5) is 0 Å². The molecule has 0 aliphatic rings. The molecule has 0 radical (unpaired) electrons. The Morgan fingerprint density at radius 3 is 2.33 bits per heavy atom. The second-order valence-electron chi connectivity index (χ2n) is 6.35. The molecule has 24 heavy (non-hydrogen) atoms. The second kappa shape index (κ2) is 7.94. The smallest absolute Gasteiger partial charge is 0.200 e. The van der Waals surface area contributed by atoms with Gasteiger partial charge >= 0.3 is 0 Å². The van der Waals surface area contributed by atoms with Crippen molar-refractivity contribution in [2.75, 3.05) is 0 Å². The number of hydrazone groups is 1. The van der Waals surface area contributed by atoms with Crippen LogP contribution in [-0.2, 0) is 16.4 Å². The van der Waals surface area contributed by atoms with Crippen molar-refractivity contribution in [1.82, 2.24) is 4.83 Å². The topological polar surface area (TPSA) is 58.5 Å². The quantitative estimate of drug-likeness (QED) is 0.587. The van der Waals surface area contributed by atoms with Gasteiger partial charge in [-0.2, -0.15) is 13.5 Å². The van der Waals surface area contributed by atoms with Crippen molar-refractivity contribution in [3.63, 3.8) is 0 Å². The first-order chi connectivity index (χ1) is 11.3. The molecule has 0 fully saturated rings. The van der Waals surface area contributed by atoms with E-state index in [2.05, 4.69) is 23.8 Å². The SMILES string of the molecule is Cc1ccc(C(C)/C=N\NS(=O)(=O)c2ccc(CC(C)C)cc2)s1. The minimum Gasteiger partial charge on any atom is -0.200 e. The predicted octanol–water partition coefficient (Wildman–Crippen LogP) is 4.32. The molecule has 4 nitrogen and oxygen atoms in total. The average molecular weight is 365 g/mol. The van der Waals surface area contributed by atoms with E-state index in [0.717, 1.165) is 16.9 Å². The summed E-state index contributed by atoms with van der Waals surface area (Å²) in [5, 5.41) is 3.92. The van der Waals surface area contributed by atoms with Gasteiger partial charge in [0.05, 0.1) is 4.90 Å². The Hall–Kier alpha value is -1.66. The van der Waals surface area contributed by atoms with E-state index >= 15 is 0 Å². The van der Waals surface area contributed by atoms with Crippen LogP contribution in [0.3, 0.4) is 0 Å². The number of sulfonamides is 1. The molecule has 2 aromatic rings. The summed E-state index contributed by atoms with van der Waals surface area (Å²) in [6.45, 7) is 8.31. The number of thiophene rings is 1. The first kappa shape index (κ1) is 18.7. The van der Waals surface area contributed by atoms with E-state index in [9.17, 15) is 8.42 Å². The van der Waals surface area contributed by atoms with E-state index < -0.39 is 10.0 Å². The van der Waals surface area contributed by atoms with Crippen molar-refractivity contribution in [2.24, 2.45) is 11.0 Å². The van der Waals surface area contributed by atoms with E-state index in [1.54, 1.807) is 29.7 Å². The molecule has 6 heteroatoms. The highest BCUT2D eigenvalue weighted by atomic mass is 32.2. The number of nitrogens with zero attached hydrogens (tertiary/aromatic N) is 1. The van der Waals surface area contributed by atoms with Crippen molar-refractivity contribution in [3.8, 4) is 0 Å². The summed E-state index contributed by atoms with van der Waals surface area (Å²) in [6, 6.07) is 11.1. The Morgan fingerprint density at radius 1 is 1.12 bits per heavy atom. The predicted molar refractivity (Wildman–Crippen MR) is 101 cm³/mol. The van der Waals surface area contributed by atoms with Gasteiger partial charge in [-0.1, -0.05) is 32.9 Å². The van der Waals surface area contributed by atoms with Gasteiger partial charge in [0.1, 0.15) is 0 Å². The molecular formula is C18H24N2O2S2. The lowest BCUT2D eigenvalue weighted by Gasteiger charge is -2.07. The summed E-state index contributed by atoms with van der Waals surface area (Å²) < 4.78 is 24.5. The van der Waals surface area contributed by atoms with E-state index in [4.69, 9.17) is 0 Å². The molecule has 0 saturated heterocycles. The minimum absolute atomic E-state index is 0.0693. The molecule has 1 atom stereocenters. The summed E-state index contributed by atoms with van der Waals surface area (Å²) in [5.41, 5.74) is 1.13. The van der Waals surface area contributed by atoms with Crippen LogP contribution >= 0.6 is 11.3 Å². The summed E-state index contributed by atoms with van der Waals surface area (Å²) in [7, 11) is -3.62. The van der Waals surface area contributed by atoms with Gasteiger partial charge in [0.15, 0.2) is 0 Å². The van der Waals surface area contributed by atoms with Gasteiger partial charge in [-0.3, -0.25) is 0 Å². The van der Waals surface area contributed by atoms with Crippen molar-refractivity contribution in [1.29, 1.82) is 0 Å². The van der Waals surface area contributed by atoms with Crippen LogP contribution in [0.25, 0.3) is 0 Å². The second-order valence-corrected chi connectivity index (χ2v) is 9.33. The van der Waals surface area contributed by atoms with Gasteiger partial charge < -0.3 is 0 Å². The summed E-state index contributed by atoms with van der Waals surface area (Å²) >= 11 is 1.69. The van der Waals surface area contributed by atoms with Gasteiger partial charge in [-0.15, -0.1) is 11.3 Å². The van der Waals surface area contributed by atoms with E-state index in [1.807, 2.05) is 38.1 Å². The normalized spacial score (nSPS) is 13.5. The fraction of sp³-hybridized carbons (Fsp3) is 0.389. The van der Waals surface area contributed by atoms with Crippen molar-refractivity contribution < 1.29 is 8.42 Å². The monoisotopic (exact) mass is 364 g/mol. The van der Waals surface area contributed by atoms with Crippen molar-refractivity contribution in [2.45, 2.75) is 44.9 Å². The number of hydrogen-bond acceptors (Lipinski definition) is 4. The molecule has 130 valence electrons. The van der Waals surface area contributed by atoms with Crippen LogP contribution in [0.5, 0.6) is 0 Å².